The van der Waals surface area contributed by atoms with Crippen LogP contribution in [0.4, 0.5) is 5.69 Å². The smallest absolute Gasteiger partial charge is 0.352 e. The standard InChI is InChI=1S/C19H24N2O3.C10H9NO2/c1-19(2,12-20)14-6-8-15(9-7-14)21-18(22)13-5-10-16(23-3)17(11-13)24-4;1-11-8-5-3-2-4-7(8)6-9(11)10(12)13/h5-11H,12,20H2,1-4H3,(H,21,22);2-6H,1H3,(H,12,13). The average molecular weight is 504 g/mol. The molecule has 0 spiro atoms. The van der Waals surface area contributed by atoms with Gasteiger partial charge < -0.3 is 30.2 Å². The topological polar surface area (TPSA) is 116 Å². The number of hydrogen-bond donors (Lipinski definition) is 3. The van der Waals surface area contributed by atoms with Gasteiger partial charge in [0.1, 0.15) is 5.69 Å². The number of nitrogens with zero attached hydrogens (tertiary/aromatic N) is 1. The number of carbonyl (C=O) groups is 2. The Morgan fingerprint density at radius 3 is 2.16 bits per heavy atom. The molecular formula is C29H33N3O5. The van der Waals surface area contributed by atoms with Crippen LogP contribution in [0.3, 0.4) is 0 Å². The van der Waals surface area contributed by atoms with Crippen molar-refractivity contribution in [3.63, 3.8) is 0 Å². The molecule has 0 bridgehead atoms. The summed E-state index contributed by atoms with van der Waals surface area (Å²) in [6, 6.07) is 22.1. The number of carboxylic acid groups (broad SMARTS) is 1. The third-order valence-electron chi connectivity index (χ3n) is 6.25. The third kappa shape index (κ3) is 6.29. The Labute approximate surface area is 216 Å². The van der Waals surface area contributed by atoms with E-state index in [1.807, 2.05) is 48.5 Å². The molecule has 0 atom stereocenters. The molecular weight excluding hydrogens is 470 g/mol. The minimum absolute atomic E-state index is 0.0914. The van der Waals surface area contributed by atoms with E-state index in [2.05, 4.69) is 19.2 Å². The van der Waals surface area contributed by atoms with Crippen LogP contribution in [0.5, 0.6) is 11.5 Å². The van der Waals surface area contributed by atoms with Gasteiger partial charge in [0.25, 0.3) is 5.91 Å². The van der Waals surface area contributed by atoms with Gasteiger partial charge in [0.2, 0.25) is 0 Å². The first-order valence-corrected chi connectivity index (χ1v) is 11.7. The van der Waals surface area contributed by atoms with E-state index in [4.69, 9.17) is 20.3 Å². The summed E-state index contributed by atoms with van der Waals surface area (Å²) in [5.41, 5.74) is 9.33. The number of para-hydroxylation sites is 1. The SMILES string of the molecule is COc1ccc(C(=O)Nc2ccc(C(C)(C)CN)cc2)cc1OC.Cn1c(C(=O)O)cc2ccccc21. The van der Waals surface area contributed by atoms with Crippen LogP contribution in [0.1, 0.15) is 40.3 Å². The summed E-state index contributed by atoms with van der Waals surface area (Å²) < 4.78 is 12.1. The normalized spacial score (nSPS) is 10.9. The van der Waals surface area contributed by atoms with Crippen molar-refractivity contribution >= 4 is 28.5 Å². The van der Waals surface area contributed by atoms with Gasteiger partial charge in [0.15, 0.2) is 11.5 Å². The fourth-order valence-corrected chi connectivity index (χ4v) is 3.80. The lowest BCUT2D eigenvalue weighted by molar-refractivity contribution is 0.0687. The van der Waals surface area contributed by atoms with E-state index in [9.17, 15) is 9.59 Å². The predicted molar refractivity (Wildman–Crippen MR) is 146 cm³/mol. The number of ether oxygens (including phenoxy) is 2. The van der Waals surface area contributed by atoms with E-state index < -0.39 is 5.97 Å². The molecule has 0 saturated carbocycles. The number of benzene rings is 3. The second kappa shape index (κ2) is 11.6. The summed E-state index contributed by atoms with van der Waals surface area (Å²) >= 11 is 0. The van der Waals surface area contributed by atoms with Crippen LogP contribution in [0.25, 0.3) is 10.9 Å². The zero-order valence-electron chi connectivity index (χ0n) is 21.7. The highest BCUT2D eigenvalue weighted by Crippen LogP contribution is 2.28. The van der Waals surface area contributed by atoms with Crippen LogP contribution in [-0.4, -0.2) is 42.3 Å². The van der Waals surface area contributed by atoms with Gasteiger partial charge in [0.05, 0.1) is 14.2 Å². The minimum Gasteiger partial charge on any atom is -0.493 e. The van der Waals surface area contributed by atoms with Crippen LogP contribution in [0.15, 0.2) is 72.8 Å². The van der Waals surface area contributed by atoms with Crippen molar-refractivity contribution < 1.29 is 24.2 Å². The molecule has 0 radical (unpaired) electrons. The number of hydrogen-bond acceptors (Lipinski definition) is 5. The van der Waals surface area contributed by atoms with Gasteiger partial charge in [-0.3, -0.25) is 4.79 Å². The van der Waals surface area contributed by atoms with E-state index in [1.165, 1.54) is 7.11 Å². The van der Waals surface area contributed by atoms with Crippen molar-refractivity contribution in [1.82, 2.24) is 4.57 Å². The number of methoxy groups -OCH3 is 2. The maximum absolute atomic E-state index is 12.4. The number of amides is 1. The zero-order chi connectivity index (χ0) is 27.2. The fourth-order valence-electron chi connectivity index (χ4n) is 3.80. The molecule has 0 aliphatic rings. The van der Waals surface area contributed by atoms with E-state index >= 15 is 0 Å². The van der Waals surface area contributed by atoms with Crippen LogP contribution in [0, 0.1) is 0 Å². The van der Waals surface area contributed by atoms with Gasteiger partial charge in [-0.15, -0.1) is 0 Å². The minimum atomic E-state index is -0.890. The van der Waals surface area contributed by atoms with Crippen molar-refractivity contribution in [2.45, 2.75) is 19.3 Å². The Morgan fingerprint density at radius 2 is 1.59 bits per heavy atom. The van der Waals surface area contributed by atoms with E-state index in [0.29, 0.717) is 29.3 Å². The van der Waals surface area contributed by atoms with Crippen molar-refractivity contribution in [3.05, 3.63) is 89.6 Å². The molecule has 37 heavy (non-hydrogen) atoms. The molecule has 1 amide bonds. The summed E-state index contributed by atoms with van der Waals surface area (Å²) in [5, 5.41) is 12.7. The number of nitrogens with two attached hydrogens (primary N) is 1. The van der Waals surface area contributed by atoms with E-state index in [1.54, 1.807) is 43.0 Å². The number of aromatic nitrogens is 1. The summed E-state index contributed by atoms with van der Waals surface area (Å²) in [6.45, 7) is 4.73. The molecule has 0 fully saturated rings. The van der Waals surface area contributed by atoms with Crippen LogP contribution < -0.4 is 20.5 Å². The molecule has 1 heterocycles. The van der Waals surface area contributed by atoms with Gasteiger partial charge in [-0.25, -0.2) is 4.79 Å². The number of carbonyl (C=O) groups excluding carboxylic acids is 1. The number of fused-ring (bicyclic) bond motifs is 1. The second-order valence-corrected chi connectivity index (χ2v) is 9.14. The van der Waals surface area contributed by atoms with Crippen LogP contribution in [-0.2, 0) is 12.5 Å². The first-order chi connectivity index (χ1) is 17.6. The Balaban J connectivity index is 0.000000244. The summed E-state index contributed by atoms with van der Waals surface area (Å²) in [5.74, 6) is 0.00750. The lowest BCUT2D eigenvalue weighted by Gasteiger charge is -2.23. The Morgan fingerprint density at radius 1 is 0.946 bits per heavy atom. The second-order valence-electron chi connectivity index (χ2n) is 9.14. The highest BCUT2D eigenvalue weighted by atomic mass is 16.5. The molecule has 0 aliphatic carbocycles. The maximum Gasteiger partial charge on any atom is 0.352 e. The largest absolute Gasteiger partial charge is 0.493 e. The van der Waals surface area contributed by atoms with Gasteiger partial charge in [-0.2, -0.15) is 0 Å². The van der Waals surface area contributed by atoms with E-state index in [0.717, 1.165) is 22.2 Å². The average Bonchev–Trinajstić information content (AvgIpc) is 3.25. The first-order valence-electron chi connectivity index (χ1n) is 11.7. The van der Waals surface area contributed by atoms with Crippen LogP contribution >= 0.6 is 0 Å². The zero-order valence-corrected chi connectivity index (χ0v) is 21.7. The molecule has 0 aliphatic heterocycles. The molecule has 4 N–H and O–H groups in total. The van der Waals surface area contributed by atoms with Crippen LogP contribution in [0.2, 0.25) is 0 Å². The van der Waals surface area contributed by atoms with Gasteiger partial charge in [-0.05, 0) is 48.0 Å². The molecule has 0 saturated heterocycles. The van der Waals surface area contributed by atoms with Gasteiger partial charge in [-0.1, -0.05) is 44.2 Å². The Hall–Kier alpha value is -4.30. The molecule has 0 unspecified atom stereocenters. The highest BCUT2D eigenvalue weighted by Gasteiger charge is 2.18. The molecule has 194 valence electrons. The van der Waals surface area contributed by atoms with Crippen molar-refractivity contribution in [2.75, 3.05) is 26.1 Å². The first kappa shape index (κ1) is 27.3. The lowest BCUT2D eigenvalue weighted by atomic mass is 9.85. The Kier molecular flexibility index (Phi) is 8.57. The van der Waals surface area contributed by atoms with Crippen molar-refractivity contribution in [3.8, 4) is 11.5 Å². The summed E-state index contributed by atoms with van der Waals surface area (Å²) in [7, 11) is 4.85. The number of aryl methyl sites for hydroxylation is 1. The fraction of sp³-hybridized carbons (Fsp3) is 0.241. The van der Waals surface area contributed by atoms with E-state index in [-0.39, 0.29) is 11.3 Å². The molecule has 1 aromatic heterocycles. The van der Waals surface area contributed by atoms with Crippen molar-refractivity contribution in [2.24, 2.45) is 12.8 Å². The molecule has 8 nitrogen and oxygen atoms in total. The quantitative estimate of drug-likeness (QED) is 0.324. The summed E-state index contributed by atoms with van der Waals surface area (Å²) in [4.78, 5) is 23.2. The molecule has 8 heteroatoms. The number of carboxylic acids is 1. The number of aromatic carboxylic acids is 1. The monoisotopic (exact) mass is 503 g/mol. The number of rotatable bonds is 7. The van der Waals surface area contributed by atoms with Gasteiger partial charge in [0, 0.05) is 41.2 Å². The third-order valence-corrected chi connectivity index (χ3v) is 6.25. The molecule has 4 aromatic rings. The molecule has 3 aromatic carbocycles. The number of nitrogens with one attached hydrogen (secondary N) is 1. The van der Waals surface area contributed by atoms with Gasteiger partial charge >= 0.3 is 5.97 Å². The highest BCUT2D eigenvalue weighted by molar-refractivity contribution is 6.04. The summed E-state index contributed by atoms with van der Waals surface area (Å²) in [6.07, 6.45) is 0. The Bertz CT molecular complexity index is 1390. The molecule has 4 rings (SSSR count). The number of anilines is 1. The van der Waals surface area contributed by atoms with Crippen molar-refractivity contribution in [1.29, 1.82) is 0 Å². The lowest BCUT2D eigenvalue weighted by Crippen LogP contribution is -2.27. The predicted octanol–water partition coefficient (Wildman–Crippen LogP) is 5.07. The maximum atomic E-state index is 12.4.